The third kappa shape index (κ3) is 2.56. The molecular weight excluding hydrogens is 452 g/mol. The Balaban J connectivity index is 2.15. The topological polar surface area (TPSA) is 0 Å². The Hall–Kier alpha value is -0.160. The van der Waals surface area contributed by atoms with Gasteiger partial charge in [-0.15, -0.1) is 11.3 Å². The quantitative estimate of drug-likeness (QED) is 0.364. The molecular formula is C15H9Br3S. The van der Waals surface area contributed by atoms with Gasteiger partial charge >= 0.3 is 0 Å². The first-order chi connectivity index (χ1) is 9.18. The molecule has 0 spiro atoms. The van der Waals surface area contributed by atoms with Crippen LogP contribution in [0.25, 0.3) is 10.1 Å². The van der Waals surface area contributed by atoms with E-state index in [1.54, 1.807) is 11.3 Å². The van der Waals surface area contributed by atoms with Crippen molar-refractivity contribution >= 4 is 69.2 Å². The van der Waals surface area contributed by atoms with Crippen LogP contribution in [-0.2, 0) is 0 Å². The molecule has 4 heteroatoms. The second-order valence-electron chi connectivity index (χ2n) is 4.19. The lowest BCUT2D eigenvalue weighted by atomic mass is 10.0. The predicted molar refractivity (Wildman–Crippen MR) is 94.4 cm³/mol. The molecule has 0 aliphatic carbocycles. The third-order valence-electron chi connectivity index (χ3n) is 3.03. The number of hydrogen-bond donors (Lipinski definition) is 0. The van der Waals surface area contributed by atoms with Gasteiger partial charge in [-0.05, 0) is 50.0 Å². The third-order valence-corrected chi connectivity index (χ3v) is 6.71. The Morgan fingerprint density at radius 1 is 0.842 bits per heavy atom. The van der Waals surface area contributed by atoms with Crippen molar-refractivity contribution in [1.82, 2.24) is 0 Å². The van der Waals surface area contributed by atoms with Crippen LogP contribution in [0.3, 0.4) is 0 Å². The molecule has 1 heterocycles. The molecule has 2 aromatic carbocycles. The SMILES string of the molecule is Brc1ccccc1C(Br)c1csc2c(Br)cccc12. The monoisotopic (exact) mass is 458 g/mol. The zero-order valence-corrected chi connectivity index (χ0v) is 15.3. The highest BCUT2D eigenvalue weighted by molar-refractivity contribution is 9.11. The number of thiophene rings is 1. The number of hydrogen-bond acceptors (Lipinski definition) is 1. The van der Waals surface area contributed by atoms with Crippen molar-refractivity contribution in [3.63, 3.8) is 0 Å². The predicted octanol–water partition coefficient (Wildman–Crippen LogP) is 6.91. The van der Waals surface area contributed by atoms with Gasteiger partial charge in [-0.1, -0.05) is 62.2 Å². The van der Waals surface area contributed by atoms with E-state index in [4.69, 9.17) is 0 Å². The van der Waals surface area contributed by atoms with Crippen molar-refractivity contribution in [3.8, 4) is 0 Å². The van der Waals surface area contributed by atoms with E-state index in [2.05, 4.69) is 89.6 Å². The van der Waals surface area contributed by atoms with Crippen molar-refractivity contribution in [1.29, 1.82) is 0 Å². The highest BCUT2D eigenvalue weighted by Crippen LogP contribution is 2.42. The van der Waals surface area contributed by atoms with Crippen LogP contribution in [0.4, 0.5) is 0 Å². The average Bonchev–Trinajstić information content (AvgIpc) is 2.84. The fraction of sp³-hybridized carbons (Fsp3) is 0.0667. The highest BCUT2D eigenvalue weighted by atomic mass is 79.9. The molecule has 19 heavy (non-hydrogen) atoms. The van der Waals surface area contributed by atoms with Gasteiger partial charge in [0.05, 0.1) is 4.83 Å². The molecule has 0 N–H and O–H groups in total. The molecule has 0 nitrogen and oxygen atoms in total. The van der Waals surface area contributed by atoms with Gasteiger partial charge in [-0.25, -0.2) is 0 Å². The second-order valence-corrected chi connectivity index (χ2v) is 7.70. The summed E-state index contributed by atoms with van der Waals surface area (Å²) in [5, 5.41) is 3.53. The molecule has 0 amide bonds. The number of benzene rings is 2. The molecule has 0 saturated heterocycles. The first-order valence-corrected chi connectivity index (χ1v) is 9.10. The molecule has 3 rings (SSSR count). The van der Waals surface area contributed by atoms with Crippen LogP contribution in [0.2, 0.25) is 0 Å². The number of rotatable bonds is 2. The number of fused-ring (bicyclic) bond motifs is 1. The zero-order chi connectivity index (χ0) is 13.4. The summed E-state index contributed by atoms with van der Waals surface area (Å²) in [6, 6.07) is 14.7. The molecule has 0 bridgehead atoms. The van der Waals surface area contributed by atoms with Crippen molar-refractivity contribution < 1.29 is 0 Å². The van der Waals surface area contributed by atoms with Gasteiger partial charge in [-0.3, -0.25) is 0 Å². The fourth-order valence-electron chi connectivity index (χ4n) is 2.09. The first kappa shape index (κ1) is 13.8. The smallest absolute Gasteiger partial charge is 0.0669 e. The lowest BCUT2D eigenvalue weighted by Crippen LogP contribution is -1.92. The Morgan fingerprint density at radius 3 is 2.37 bits per heavy atom. The number of halogens is 3. The van der Waals surface area contributed by atoms with E-state index in [0.717, 1.165) is 8.95 Å². The molecule has 96 valence electrons. The molecule has 0 radical (unpaired) electrons. The van der Waals surface area contributed by atoms with Crippen LogP contribution in [0.15, 0.2) is 56.8 Å². The van der Waals surface area contributed by atoms with Crippen molar-refractivity contribution in [2.75, 3.05) is 0 Å². The van der Waals surface area contributed by atoms with Crippen molar-refractivity contribution in [2.45, 2.75) is 4.83 Å². The van der Waals surface area contributed by atoms with Gasteiger partial charge < -0.3 is 0 Å². The largest absolute Gasteiger partial charge is 0.142 e. The van der Waals surface area contributed by atoms with Crippen LogP contribution >= 0.6 is 59.1 Å². The van der Waals surface area contributed by atoms with E-state index < -0.39 is 0 Å². The van der Waals surface area contributed by atoms with E-state index in [1.807, 2.05) is 6.07 Å². The van der Waals surface area contributed by atoms with Crippen LogP contribution in [0.1, 0.15) is 16.0 Å². The summed E-state index contributed by atoms with van der Waals surface area (Å²) in [7, 11) is 0. The molecule has 1 aromatic heterocycles. The van der Waals surface area contributed by atoms with Gasteiger partial charge in [0.1, 0.15) is 0 Å². The summed E-state index contributed by atoms with van der Waals surface area (Å²) >= 11 is 12.8. The summed E-state index contributed by atoms with van der Waals surface area (Å²) in [6.45, 7) is 0. The molecule has 0 aliphatic rings. The number of alkyl halides is 1. The molecule has 3 aromatic rings. The Labute approximate surface area is 141 Å². The van der Waals surface area contributed by atoms with Crippen LogP contribution in [0.5, 0.6) is 0 Å². The lowest BCUT2D eigenvalue weighted by Gasteiger charge is -2.11. The minimum absolute atomic E-state index is 0.200. The maximum atomic E-state index is 3.83. The zero-order valence-electron chi connectivity index (χ0n) is 9.74. The van der Waals surface area contributed by atoms with Gasteiger partial charge in [-0.2, -0.15) is 0 Å². The van der Waals surface area contributed by atoms with E-state index in [1.165, 1.54) is 21.2 Å². The maximum absolute atomic E-state index is 3.83. The summed E-state index contributed by atoms with van der Waals surface area (Å²) in [6.07, 6.45) is 0. The highest BCUT2D eigenvalue weighted by Gasteiger charge is 2.17. The van der Waals surface area contributed by atoms with E-state index in [0.29, 0.717) is 0 Å². The van der Waals surface area contributed by atoms with E-state index in [9.17, 15) is 0 Å². The molecule has 0 fully saturated rings. The minimum Gasteiger partial charge on any atom is -0.142 e. The molecule has 1 unspecified atom stereocenters. The Kier molecular flexibility index (Phi) is 4.13. The summed E-state index contributed by atoms with van der Waals surface area (Å²) in [5.41, 5.74) is 2.57. The average molecular weight is 461 g/mol. The van der Waals surface area contributed by atoms with E-state index >= 15 is 0 Å². The normalized spacial score (nSPS) is 12.8. The van der Waals surface area contributed by atoms with Crippen LogP contribution < -0.4 is 0 Å². The minimum atomic E-state index is 0.200. The lowest BCUT2D eigenvalue weighted by molar-refractivity contribution is 1.19. The summed E-state index contributed by atoms with van der Waals surface area (Å²) in [4.78, 5) is 0.200. The Bertz CT molecular complexity index is 733. The Morgan fingerprint density at radius 2 is 1.58 bits per heavy atom. The van der Waals surface area contributed by atoms with Gasteiger partial charge in [0.2, 0.25) is 0 Å². The van der Waals surface area contributed by atoms with Gasteiger partial charge in [0, 0.05) is 13.6 Å². The second kappa shape index (κ2) is 5.68. The van der Waals surface area contributed by atoms with E-state index in [-0.39, 0.29) is 4.83 Å². The van der Waals surface area contributed by atoms with Crippen LogP contribution in [0, 0.1) is 0 Å². The summed E-state index contributed by atoms with van der Waals surface area (Å²) in [5.74, 6) is 0. The first-order valence-electron chi connectivity index (χ1n) is 5.72. The summed E-state index contributed by atoms with van der Waals surface area (Å²) < 4.78 is 3.59. The molecule has 0 aliphatic heterocycles. The molecule has 0 saturated carbocycles. The van der Waals surface area contributed by atoms with Crippen molar-refractivity contribution in [2.24, 2.45) is 0 Å². The molecule has 1 atom stereocenters. The maximum Gasteiger partial charge on any atom is 0.0669 e. The fourth-order valence-corrected chi connectivity index (χ4v) is 5.51. The van der Waals surface area contributed by atoms with Crippen molar-refractivity contribution in [3.05, 3.63) is 67.9 Å². The van der Waals surface area contributed by atoms with Gasteiger partial charge in [0.25, 0.3) is 0 Å². The van der Waals surface area contributed by atoms with Crippen LogP contribution in [-0.4, -0.2) is 0 Å². The standard InChI is InChI=1S/C15H9Br3S/c16-12-6-2-1-4-10(12)14(18)11-8-19-15-9(11)5-3-7-13(15)17/h1-8,14H. The van der Waals surface area contributed by atoms with Gasteiger partial charge in [0.15, 0.2) is 0 Å².